The molecule has 0 radical (unpaired) electrons. The van der Waals surface area contributed by atoms with Gasteiger partial charge in [0.05, 0.1) is 32.5 Å². The van der Waals surface area contributed by atoms with Crippen molar-refractivity contribution in [2.45, 2.75) is 77.6 Å². The van der Waals surface area contributed by atoms with Crippen LogP contribution < -0.4 is 26.6 Å². The summed E-state index contributed by atoms with van der Waals surface area (Å²) >= 11 is 0. The van der Waals surface area contributed by atoms with E-state index in [0.717, 1.165) is 33.4 Å². The third kappa shape index (κ3) is 22.4. The third-order valence-corrected chi connectivity index (χ3v) is 25.3. The van der Waals surface area contributed by atoms with Gasteiger partial charge >= 0.3 is 59.1 Å². The number of carbonyl (C=O) groups is 4. The maximum absolute atomic E-state index is 12.7. The Morgan fingerprint density at radius 2 is 0.415 bits per heavy atom. The molecule has 6 rings (SSSR count). The second kappa shape index (κ2) is 36.3. The molecule has 0 saturated carbocycles. The molecule has 0 fully saturated rings. The molecule has 0 atom stereocenters. The van der Waals surface area contributed by atoms with Gasteiger partial charge in [-0.05, 0) is 160 Å². The first-order valence-corrected chi connectivity index (χ1v) is 38.1. The lowest BCUT2D eigenvalue weighted by Gasteiger charge is -2.31. The minimum Gasteiger partial charge on any atom is -0.501 e. The van der Waals surface area contributed by atoms with Gasteiger partial charge in [-0.25, -0.2) is 19.2 Å². The van der Waals surface area contributed by atoms with Crippen LogP contribution in [0.25, 0.3) is 33.4 Å². The maximum atomic E-state index is 12.7. The van der Waals surface area contributed by atoms with Gasteiger partial charge in [0, 0.05) is 83.1 Å². The molecule has 0 aromatic heterocycles. The third-order valence-electron chi connectivity index (χ3n) is 14.5. The molecule has 0 unspecified atom stereocenters. The molecule has 0 N–H and O–H groups in total. The number of carbonyl (C=O) groups excluding carboxylic acids is 4. The molecular formula is C70H86O20Si4. The molecule has 0 aliphatic rings. The topological polar surface area (TPSA) is 216 Å². The first-order valence-electron chi connectivity index (χ1n) is 30.4. The van der Waals surface area contributed by atoms with Gasteiger partial charge in [0.15, 0.2) is 0 Å². The summed E-state index contributed by atoms with van der Waals surface area (Å²) in [6, 6.07) is 46.7. The Hall–Kier alpha value is -8.41. The molecule has 0 aliphatic carbocycles. The summed E-state index contributed by atoms with van der Waals surface area (Å²) in [5.74, 6) is 1.09. The molecule has 94 heavy (non-hydrogen) atoms. The highest BCUT2D eigenvalue weighted by molar-refractivity contribution is 6.63. The Balaban J connectivity index is 1.27. The Labute approximate surface area is 556 Å². The van der Waals surface area contributed by atoms with Crippen molar-refractivity contribution in [1.29, 1.82) is 0 Å². The normalized spacial score (nSPS) is 11.6. The van der Waals surface area contributed by atoms with Crippen LogP contribution in [0.4, 0.5) is 0 Å². The van der Waals surface area contributed by atoms with E-state index >= 15 is 0 Å². The second-order valence-corrected chi connectivity index (χ2v) is 32.9. The van der Waals surface area contributed by atoms with Crippen LogP contribution in [0.15, 0.2) is 194 Å². The minimum atomic E-state index is -4.00. The predicted octanol–water partition coefficient (Wildman–Crippen LogP) is 14.0. The van der Waals surface area contributed by atoms with Crippen LogP contribution in [0.3, 0.4) is 0 Å². The van der Waals surface area contributed by atoms with Crippen LogP contribution in [-0.2, 0) is 64.7 Å². The number of esters is 4. The van der Waals surface area contributed by atoms with Gasteiger partial charge in [-0.3, -0.25) is 0 Å². The molecule has 0 spiro atoms. The molecule has 0 bridgehead atoms. The van der Waals surface area contributed by atoms with Gasteiger partial charge in [-0.15, -0.1) is 0 Å². The standard InChI is InChI=1S/C70H86O20Si4/c1-51(2)67(71)81-43-15-47-91(75-9,76-10)85-61-31-19-55(20-32-61)58-25-37-64(38-26-58)88-94(50-18-46-84-70(74)54(7)8,89-65-39-27-59(28-40-65)56-21-33-62(34-22-56)86-92(77-11,78-12)48-16-44-82-68(72)52(3)4)90-66-41-29-60(30-42-66)57-23-35-63(36-24-57)87-93(79-13,80-14)49-17-45-83-69(73)53(5)6/h19-42H,1,3,5,7,15-18,43-50H2,2,4,6,8-14H3. The van der Waals surface area contributed by atoms with Gasteiger partial charge in [-0.1, -0.05) is 99.1 Å². The first kappa shape index (κ1) is 74.6. The molecule has 0 saturated heterocycles. The van der Waals surface area contributed by atoms with Crippen molar-refractivity contribution in [3.8, 4) is 67.9 Å². The van der Waals surface area contributed by atoms with E-state index in [2.05, 4.69) is 26.3 Å². The van der Waals surface area contributed by atoms with E-state index in [1.165, 1.54) is 42.7 Å². The van der Waals surface area contributed by atoms with E-state index in [1.807, 2.05) is 146 Å². The average molecular weight is 1360 g/mol. The van der Waals surface area contributed by atoms with Crippen molar-refractivity contribution in [2.24, 2.45) is 0 Å². The zero-order valence-electron chi connectivity index (χ0n) is 55.3. The van der Waals surface area contributed by atoms with Gasteiger partial charge in [0.25, 0.3) is 0 Å². The van der Waals surface area contributed by atoms with Crippen LogP contribution in [0.5, 0.6) is 34.5 Å². The smallest absolute Gasteiger partial charge is 0.501 e. The van der Waals surface area contributed by atoms with E-state index in [9.17, 15) is 19.2 Å². The lowest BCUT2D eigenvalue weighted by Crippen LogP contribution is -2.55. The second-order valence-electron chi connectivity index (χ2n) is 21.8. The Bertz CT molecular complexity index is 3120. The van der Waals surface area contributed by atoms with Gasteiger partial charge in [0.1, 0.15) is 34.5 Å². The molecule has 0 heterocycles. The van der Waals surface area contributed by atoms with Crippen LogP contribution in [0.2, 0.25) is 24.2 Å². The molecule has 0 aliphatic heterocycles. The minimum absolute atomic E-state index is 0.0300. The molecule has 0 amide bonds. The van der Waals surface area contributed by atoms with Crippen LogP contribution in [0, 0.1) is 0 Å². The number of ether oxygens (including phenoxy) is 4. The van der Waals surface area contributed by atoms with Crippen molar-refractivity contribution >= 4 is 59.1 Å². The quantitative estimate of drug-likeness (QED) is 0.0115. The fraction of sp³-hybridized carbons (Fsp3) is 0.314. The zero-order chi connectivity index (χ0) is 68.3. The molecule has 6 aromatic rings. The van der Waals surface area contributed by atoms with Crippen molar-refractivity contribution in [3.63, 3.8) is 0 Å². The summed E-state index contributed by atoms with van der Waals surface area (Å²) in [6.07, 6.45) is 1.69. The fourth-order valence-corrected chi connectivity index (χ4v) is 17.4. The monoisotopic (exact) mass is 1360 g/mol. The van der Waals surface area contributed by atoms with Crippen molar-refractivity contribution in [1.82, 2.24) is 0 Å². The summed E-state index contributed by atoms with van der Waals surface area (Å²) in [6.45, 7) is 21.5. The van der Waals surface area contributed by atoms with E-state index in [1.54, 1.807) is 27.7 Å². The van der Waals surface area contributed by atoms with Crippen LogP contribution in [0.1, 0.15) is 53.4 Å². The predicted molar refractivity (Wildman–Crippen MR) is 365 cm³/mol. The van der Waals surface area contributed by atoms with E-state index in [0.29, 0.717) is 95.0 Å². The Kier molecular flexibility index (Phi) is 28.8. The van der Waals surface area contributed by atoms with Crippen molar-refractivity contribution < 1.29 is 91.2 Å². The summed E-state index contributed by atoms with van der Waals surface area (Å²) in [5, 5.41) is 0. The van der Waals surface area contributed by atoms with E-state index in [-0.39, 0.29) is 38.0 Å². The molecule has 24 heteroatoms. The molecule has 20 nitrogen and oxygen atoms in total. The van der Waals surface area contributed by atoms with Crippen LogP contribution in [-0.4, -0.2) is 128 Å². The van der Waals surface area contributed by atoms with Gasteiger partial charge in [0.2, 0.25) is 0 Å². The molecule has 6 aromatic carbocycles. The number of hydrogen-bond acceptors (Lipinski definition) is 20. The van der Waals surface area contributed by atoms with Gasteiger partial charge < -0.3 is 72.1 Å². The Morgan fingerprint density at radius 3 is 0.564 bits per heavy atom. The fourth-order valence-electron chi connectivity index (χ4n) is 9.16. The highest BCUT2D eigenvalue weighted by atomic mass is 28.4. The van der Waals surface area contributed by atoms with Crippen molar-refractivity contribution in [3.05, 3.63) is 194 Å². The van der Waals surface area contributed by atoms with E-state index < -0.39 is 59.1 Å². The maximum Gasteiger partial charge on any atom is 0.699 e. The number of benzene rings is 6. The van der Waals surface area contributed by atoms with Crippen LogP contribution >= 0.6 is 0 Å². The average Bonchev–Trinajstić information content (AvgIpc) is 0.819. The molecule has 502 valence electrons. The number of rotatable bonds is 41. The SMILES string of the molecule is C=C(C)C(=O)OCCC[Si](OC)(OC)Oc1ccc(-c2ccc(O[Si](CCCOC(=O)C(=C)C)(Oc3ccc(-c4ccc(O[Si](CCCOC(=O)C(=C)C)(OC)OC)cc4)cc3)Oc3ccc(-c4ccc(O[Si](CCCOC(=O)C(=C)C)(OC)OC)cc4)cc3)cc2)cc1. The highest BCUT2D eigenvalue weighted by Gasteiger charge is 2.49. The summed E-state index contributed by atoms with van der Waals surface area (Å²) in [5.41, 5.74) is 6.52. The Morgan fingerprint density at radius 1 is 0.266 bits per heavy atom. The first-order chi connectivity index (χ1) is 45.0. The van der Waals surface area contributed by atoms with Crippen molar-refractivity contribution in [2.75, 3.05) is 69.1 Å². The highest BCUT2D eigenvalue weighted by Crippen LogP contribution is 2.35. The lowest BCUT2D eigenvalue weighted by atomic mass is 10.1. The van der Waals surface area contributed by atoms with Gasteiger partial charge in [-0.2, -0.15) is 0 Å². The summed E-state index contributed by atoms with van der Waals surface area (Å²) < 4.78 is 96.5. The number of hydrogen-bond donors (Lipinski definition) is 0. The molecular weight excluding hydrogens is 1270 g/mol. The van der Waals surface area contributed by atoms with E-state index in [4.69, 9.17) is 72.1 Å². The summed E-state index contributed by atoms with van der Waals surface area (Å²) in [4.78, 5) is 48.5. The lowest BCUT2D eigenvalue weighted by molar-refractivity contribution is -0.139. The zero-order valence-corrected chi connectivity index (χ0v) is 59.3. The summed E-state index contributed by atoms with van der Waals surface area (Å²) in [7, 11) is -4.32. The largest absolute Gasteiger partial charge is 0.699 e.